The standard InChI is InChI=1S/C18H20N4O4/c1-4-9-21-17(23)12-6-8-15(19)20-16(12)22(18(21)24)11-5-7-13(25-2)14(10-11)26-3/h5-8,10H,4,9H2,1-3H3,(H2,19,20). The molecule has 8 nitrogen and oxygen atoms in total. The smallest absolute Gasteiger partial charge is 0.337 e. The van der Waals surface area contributed by atoms with Crippen molar-refractivity contribution in [3.8, 4) is 17.2 Å². The summed E-state index contributed by atoms with van der Waals surface area (Å²) in [5.41, 5.74) is 5.64. The van der Waals surface area contributed by atoms with Crippen LogP contribution in [-0.4, -0.2) is 28.3 Å². The number of anilines is 1. The Morgan fingerprint density at radius 2 is 1.81 bits per heavy atom. The Kier molecular flexibility index (Phi) is 4.66. The van der Waals surface area contributed by atoms with Gasteiger partial charge in [0.1, 0.15) is 5.82 Å². The fourth-order valence-corrected chi connectivity index (χ4v) is 2.86. The summed E-state index contributed by atoms with van der Waals surface area (Å²) < 4.78 is 13.1. The first-order chi connectivity index (χ1) is 12.5. The van der Waals surface area contributed by atoms with Gasteiger partial charge in [0.25, 0.3) is 5.56 Å². The number of pyridine rings is 1. The lowest BCUT2D eigenvalue weighted by molar-refractivity contribution is 0.355. The normalized spacial score (nSPS) is 10.9. The lowest BCUT2D eigenvalue weighted by Crippen LogP contribution is -2.39. The van der Waals surface area contributed by atoms with E-state index in [-0.39, 0.29) is 17.0 Å². The van der Waals surface area contributed by atoms with Crippen molar-refractivity contribution in [2.24, 2.45) is 0 Å². The van der Waals surface area contributed by atoms with Crippen LogP contribution in [0.5, 0.6) is 11.5 Å². The average molecular weight is 356 g/mol. The van der Waals surface area contributed by atoms with Gasteiger partial charge < -0.3 is 15.2 Å². The first kappa shape index (κ1) is 17.5. The fourth-order valence-electron chi connectivity index (χ4n) is 2.86. The van der Waals surface area contributed by atoms with Crippen LogP contribution in [0, 0.1) is 0 Å². The number of methoxy groups -OCH3 is 2. The van der Waals surface area contributed by atoms with E-state index in [2.05, 4.69) is 4.98 Å². The minimum atomic E-state index is -0.477. The van der Waals surface area contributed by atoms with E-state index in [1.54, 1.807) is 30.3 Å². The molecule has 0 saturated carbocycles. The Hall–Kier alpha value is -3.29. The highest BCUT2D eigenvalue weighted by molar-refractivity contribution is 5.77. The minimum Gasteiger partial charge on any atom is -0.493 e. The number of rotatable bonds is 5. The van der Waals surface area contributed by atoms with E-state index in [0.717, 1.165) is 0 Å². The van der Waals surface area contributed by atoms with E-state index < -0.39 is 5.69 Å². The number of fused-ring (bicyclic) bond motifs is 1. The largest absolute Gasteiger partial charge is 0.493 e. The molecule has 0 spiro atoms. The maximum atomic E-state index is 13.0. The zero-order valence-electron chi connectivity index (χ0n) is 14.9. The maximum absolute atomic E-state index is 13.0. The van der Waals surface area contributed by atoms with Crippen LogP contribution >= 0.6 is 0 Å². The molecule has 0 aliphatic carbocycles. The summed E-state index contributed by atoms with van der Waals surface area (Å²) in [6.45, 7) is 2.21. The predicted octanol–water partition coefficient (Wildman–Crippen LogP) is 1.56. The van der Waals surface area contributed by atoms with Crippen LogP contribution in [0.4, 0.5) is 5.82 Å². The molecule has 2 heterocycles. The van der Waals surface area contributed by atoms with Crippen molar-refractivity contribution in [1.29, 1.82) is 0 Å². The fraction of sp³-hybridized carbons (Fsp3) is 0.278. The molecule has 26 heavy (non-hydrogen) atoms. The van der Waals surface area contributed by atoms with Gasteiger partial charge in [-0.15, -0.1) is 0 Å². The molecule has 0 saturated heterocycles. The average Bonchev–Trinajstić information content (AvgIpc) is 2.64. The van der Waals surface area contributed by atoms with Gasteiger partial charge in [0.05, 0.1) is 25.3 Å². The van der Waals surface area contributed by atoms with Crippen molar-refractivity contribution in [3.63, 3.8) is 0 Å². The summed E-state index contributed by atoms with van der Waals surface area (Å²) in [6, 6.07) is 8.18. The zero-order chi connectivity index (χ0) is 18.8. The van der Waals surface area contributed by atoms with E-state index >= 15 is 0 Å². The molecule has 0 aliphatic heterocycles. The van der Waals surface area contributed by atoms with Crippen LogP contribution in [0.15, 0.2) is 39.9 Å². The van der Waals surface area contributed by atoms with E-state index in [9.17, 15) is 9.59 Å². The molecule has 3 aromatic rings. The van der Waals surface area contributed by atoms with E-state index in [1.165, 1.54) is 23.4 Å². The Morgan fingerprint density at radius 1 is 1.08 bits per heavy atom. The Bertz CT molecular complexity index is 1080. The Morgan fingerprint density at radius 3 is 2.46 bits per heavy atom. The number of nitrogens with zero attached hydrogens (tertiary/aromatic N) is 3. The number of nitrogens with two attached hydrogens (primary N) is 1. The first-order valence-corrected chi connectivity index (χ1v) is 8.16. The molecule has 0 amide bonds. The lowest BCUT2D eigenvalue weighted by atomic mass is 10.2. The molecule has 1 aromatic carbocycles. The van der Waals surface area contributed by atoms with Crippen molar-refractivity contribution >= 4 is 16.9 Å². The monoisotopic (exact) mass is 356 g/mol. The highest BCUT2D eigenvalue weighted by Gasteiger charge is 2.17. The van der Waals surface area contributed by atoms with Gasteiger partial charge in [-0.25, -0.2) is 14.3 Å². The SMILES string of the molecule is CCCn1c(=O)c2ccc(N)nc2n(-c2ccc(OC)c(OC)c2)c1=O. The number of nitrogen functional groups attached to an aromatic ring is 1. The van der Waals surface area contributed by atoms with Crippen molar-refractivity contribution in [3.05, 3.63) is 51.2 Å². The predicted molar refractivity (Wildman–Crippen MR) is 99.4 cm³/mol. The van der Waals surface area contributed by atoms with Crippen LogP contribution in [0.3, 0.4) is 0 Å². The summed E-state index contributed by atoms with van der Waals surface area (Å²) in [4.78, 5) is 29.9. The van der Waals surface area contributed by atoms with Crippen LogP contribution < -0.4 is 26.5 Å². The molecule has 3 rings (SSSR count). The third-order valence-electron chi connectivity index (χ3n) is 4.08. The number of aromatic nitrogens is 3. The van der Waals surface area contributed by atoms with Crippen LogP contribution in [0.25, 0.3) is 16.7 Å². The van der Waals surface area contributed by atoms with Crippen LogP contribution in [-0.2, 0) is 6.54 Å². The van der Waals surface area contributed by atoms with Gasteiger partial charge >= 0.3 is 5.69 Å². The second-order valence-corrected chi connectivity index (χ2v) is 5.72. The molecule has 0 aliphatic rings. The van der Waals surface area contributed by atoms with Crippen molar-refractivity contribution in [2.75, 3.05) is 20.0 Å². The van der Waals surface area contributed by atoms with Crippen molar-refractivity contribution in [1.82, 2.24) is 14.1 Å². The maximum Gasteiger partial charge on any atom is 0.337 e. The molecule has 2 aromatic heterocycles. The van der Waals surface area contributed by atoms with Gasteiger partial charge in [-0.05, 0) is 30.7 Å². The van der Waals surface area contributed by atoms with E-state index in [1.807, 2.05) is 6.92 Å². The van der Waals surface area contributed by atoms with Gasteiger partial charge in [-0.2, -0.15) is 0 Å². The highest BCUT2D eigenvalue weighted by Crippen LogP contribution is 2.29. The molecule has 2 N–H and O–H groups in total. The molecule has 0 radical (unpaired) electrons. The van der Waals surface area contributed by atoms with Gasteiger partial charge in [0.2, 0.25) is 0 Å². The number of ether oxygens (including phenoxy) is 2. The topological polar surface area (TPSA) is 101 Å². The molecular formula is C18H20N4O4. The summed E-state index contributed by atoms with van der Waals surface area (Å²) in [7, 11) is 3.04. The van der Waals surface area contributed by atoms with Gasteiger partial charge in [0.15, 0.2) is 17.1 Å². The number of hydrogen-bond donors (Lipinski definition) is 1. The Labute approximate surface area is 149 Å². The van der Waals surface area contributed by atoms with E-state index in [4.69, 9.17) is 15.2 Å². The first-order valence-electron chi connectivity index (χ1n) is 8.16. The van der Waals surface area contributed by atoms with Crippen LogP contribution in [0.1, 0.15) is 13.3 Å². The van der Waals surface area contributed by atoms with Crippen molar-refractivity contribution < 1.29 is 9.47 Å². The van der Waals surface area contributed by atoms with Crippen LogP contribution in [0.2, 0.25) is 0 Å². The number of benzene rings is 1. The van der Waals surface area contributed by atoms with E-state index in [0.29, 0.717) is 35.5 Å². The molecular weight excluding hydrogens is 336 g/mol. The number of hydrogen-bond acceptors (Lipinski definition) is 6. The van der Waals surface area contributed by atoms with Gasteiger partial charge in [-0.1, -0.05) is 6.92 Å². The highest BCUT2D eigenvalue weighted by atomic mass is 16.5. The molecule has 0 unspecified atom stereocenters. The second-order valence-electron chi connectivity index (χ2n) is 5.72. The van der Waals surface area contributed by atoms with Gasteiger partial charge in [-0.3, -0.25) is 9.36 Å². The Balaban J connectivity index is 2.43. The quantitative estimate of drug-likeness (QED) is 0.744. The van der Waals surface area contributed by atoms with Gasteiger partial charge in [0, 0.05) is 12.6 Å². The molecule has 0 atom stereocenters. The zero-order valence-corrected chi connectivity index (χ0v) is 14.9. The molecule has 136 valence electrons. The summed E-state index contributed by atoms with van der Waals surface area (Å²) >= 11 is 0. The van der Waals surface area contributed by atoms with Crippen molar-refractivity contribution in [2.45, 2.75) is 19.9 Å². The minimum absolute atomic E-state index is 0.208. The molecule has 0 fully saturated rings. The summed E-state index contributed by atoms with van der Waals surface area (Å²) in [5, 5.41) is 0.321. The molecule has 8 heteroatoms. The third-order valence-corrected chi connectivity index (χ3v) is 4.08. The third kappa shape index (κ3) is 2.79. The summed E-state index contributed by atoms with van der Waals surface area (Å²) in [5.74, 6) is 1.21. The lowest BCUT2D eigenvalue weighted by Gasteiger charge is -2.15. The molecule has 0 bridgehead atoms. The second kappa shape index (κ2) is 6.91. The summed E-state index contributed by atoms with van der Waals surface area (Å²) in [6.07, 6.45) is 0.648.